The smallest absolute Gasteiger partial charge is 0.224 e. The molecule has 1 atom stereocenters. The lowest BCUT2D eigenvalue weighted by Gasteiger charge is -2.11. The summed E-state index contributed by atoms with van der Waals surface area (Å²) in [6.07, 6.45) is 4.66. The molecule has 1 aromatic heterocycles. The Bertz CT molecular complexity index is 594. The Morgan fingerprint density at radius 1 is 1.36 bits per heavy atom. The zero-order valence-electron chi connectivity index (χ0n) is 12.4. The number of nitrogens with one attached hydrogen (secondary N) is 2. The topological polar surface area (TPSA) is 59.0 Å². The predicted molar refractivity (Wildman–Crippen MR) is 87.8 cm³/mol. The molecule has 1 aromatic carbocycles. The first kappa shape index (κ1) is 16.5. The van der Waals surface area contributed by atoms with Crippen LogP contribution in [0.2, 0.25) is 0 Å². The van der Waals surface area contributed by atoms with Crippen molar-refractivity contribution in [1.82, 2.24) is 20.4 Å². The van der Waals surface area contributed by atoms with Gasteiger partial charge in [0.1, 0.15) is 0 Å². The van der Waals surface area contributed by atoms with E-state index in [9.17, 15) is 4.79 Å². The summed E-state index contributed by atoms with van der Waals surface area (Å²) in [5.74, 6) is 0.273. The average molecular weight is 321 g/mol. The third-order valence-electron chi connectivity index (χ3n) is 3.79. The van der Waals surface area contributed by atoms with E-state index < -0.39 is 0 Å². The predicted octanol–water partition coefficient (Wildman–Crippen LogP) is 1.58. The summed E-state index contributed by atoms with van der Waals surface area (Å²) >= 11 is 0. The van der Waals surface area contributed by atoms with Gasteiger partial charge in [-0.3, -0.25) is 9.48 Å². The van der Waals surface area contributed by atoms with Crippen molar-refractivity contribution >= 4 is 18.3 Å². The number of amides is 1. The SMILES string of the molecule is Cl.O=C(NCc1cccc(Cn2cccn2)c1)C1CCNC1. The molecule has 5 nitrogen and oxygen atoms in total. The lowest BCUT2D eigenvalue weighted by molar-refractivity contribution is -0.124. The van der Waals surface area contributed by atoms with Gasteiger partial charge in [-0.05, 0) is 30.2 Å². The highest BCUT2D eigenvalue weighted by molar-refractivity contribution is 5.85. The van der Waals surface area contributed by atoms with E-state index in [0.29, 0.717) is 6.54 Å². The van der Waals surface area contributed by atoms with Crippen molar-refractivity contribution in [3.8, 4) is 0 Å². The van der Waals surface area contributed by atoms with Gasteiger partial charge in [0, 0.05) is 25.5 Å². The number of benzene rings is 1. The van der Waals surface area contributed by atoms with E-state index in [1.807, 2.05) is 29.1 Å². The molecule has 1 amide bonds. The van der Waals surface area contributed by atoms with Crippen LogP contribution in [-0.2, 0) is 17.9 Å². The summed E-state index contributed by atoms with van der Waals surface area (Å²) < 4.78 is 1.89. The summed E-state index contributed by atoms with van der Waals surface area (Å²) in [6, 6.07) is 10.2. The molecule has 118 valence electrons. The van der Waals surface area contributed by atoms with Gasteiger partial charge in [-0.1, -0.05) is 24.3 Å². The Balaban J connectivity index is 0.00000176. The standard InChI is InChI=1S/C16H20N4O.ClH/c21-16(15-5-7-17-11-15)18-10-13-3-1-4-14(9-13)12-20-8-2-6-19-20;/h1-4,6,8-9,15,17H,5,7,10-12H2,(H,18,21);1H. The van der Waals surface area contributed by atoms with Crippen LogP contribution in [0.4, 0.5) is 0 Å². The van der Waals surface area contributed by atoms with E-state index in [-0.39, 0.29) is 24.2 Å². The van der Waals surface area contributed by atoms with Gasteiger partial charge >= 0.3 is 0 Å². The van der Waals surface area contributed by atoms with Gasteiger partial charge < -0.3 is 10.6 Å². The maximum Gasteiger partial charge on any atom is 0.224 e. The van der Waals surface area contributed by atoms with Crippen molar-refractivity contribution in [1.29, 1.82) is 0 Å². The largest absolute Gasteiger partial charge is 0.352 e. The first-order valence-electron chi connectivity index (χ1n) is 7.35. The molecule has 1 unspecified atom stereocenters. The summed E-state index contributed by atoms with van der Waals surface area (Å²) in [4.78, 5) is 12.0. The molecule has 1 aliphatic heterocycles. The van der Waals surface area contributed by atoms with Crippen LogP contribution in [0.3, 0.4) is 0 Å². The Kier molecular flexibility index (Phi) is 5.98. The van der Waals surface area contributed by atoms with Crippen LogP contribution in [0.15, 0.2) is 42.7 Å². The Hall–Kier alpha value is -1.85. The number of hydrogen-bond donors (Lipinski definition) is 2. The van der Waals surface area contributed by atoms with Crippen molar-refractivity contribution in [3.63, 3.8) is 0 Å². The molecule has 1 saturated heterocycles. The van der Waals surface area contributed by atoms with E-state index in [1.165, 1.54) is 5.56 Å². The number of rotatable bonds is 5. The zero-order chi connectivity index (χ0) is 14.5. The minimum atomic E-state index is 0. The summed E-state index contributed by atoms with van der Waals surface area (Å²) in [7, 11) is 0. The molecule has 2 heterocycles. The van der Waals surface area contributed by atoms with E-state index >= 15 is 0 Å². The van der Waals surface area contributed by atoms with E-state index in [0.717, 1.165) is 31.6 Å². The second-order valence-electron chi connectivity index (χ2n) is 5.43. The number of nitrogens with zero attached hydrogens (tertiary/aromatic N) is 2. The molecule has 6 heteroatoms. The number of halogens is 1. The van der Waals surface area contributed by atoms with Crippen LogP contribution in [0.1, 0.15) is 17.5 Å². The molecule has 2 aromatic rings. The minimum Gasteiger partial charge on any atom is -0.352 e. The first-order chi connectivity index (χ1) is 10.3. The fourth-order valence-electron chi connectivity index (χ4n) is 2.63. The highest BCUT2D eigenvalue weighted by atomic mass is 35.5. The second-order valence-corrected chi connectivity index (χ2v) is 5.43. The van der Waals surface area contributed by atoms with Crippen LogP contribution in [0.25, 0.3) is 0 Å². The Labute approximate surface area is 136 Å². The highest BCUT2D eigenvalue weighted by Gasteiger charge is 2.21. The maximum atomic E-state index is 12.0. The molecular formula is C16H21ClN4O. The van der Waals surface area contributed by atoms with Gasteiger partial charge in [0.25, 0.3) is 0 Å². The number of aromatic nitrogens is 2. The first-order valence-corrected chi connectivity index (χ1v) is 7.35. The summed E-state index contributed by atoms with van der Waals surface area (Å²) in [5.41, 5.74) is 2.31. The van der Waals surface area contributed by atoms with Crippen molar-refractivity contribution < 1.29 is 4.79 Å². The van der Waals surface area contributed by atoms with Gasteiger partial charge in [-0.2, -0.15) is 5.10 Å². The highest BCUT2D eigenvalue weighted by Crippen LogP contribution is 2.09. The van der Waals surface area contributed by atoms with Crippen LogP contribution in [0.5, 0.6) is 0 Å². The molecule has 0 saturated carbocycles. The normalized spacial score (nSPS) is 17.0. The molecule has 0 spiro atoms. The van der Waals surface area contributed by atoms with Gasteiger partial charge in [-0.15, -0.1) is 12.4 Å². The second kappa shape index (κ2) is 7.96. The molecular weight excluding hydrogens is 300 g/mol. The third-order valence-corrected chi connectivity index (χ3v) is 3.79. The van der Waals surface area contributed by atoms with Gasteiger partial charge in [0.15, 0.2) is 0 Å². The minimum absolute atomic E-state index is 0. The number of carbonyl (C=O) groups excluding carboxylic acids is 1. The summed E-state index contributed by atoms with van der Waals surface area (Å²) in [5, 5.41) is 10.4. The number of carbonyl (C=O) groups is 1. The van der Waals surface area contributed by atoms with Gasteiger partial charge in [0.05, 0.1) is 12.5 Å². The van der Waals surface area contributed by atoms with E-state index in [1.54, 1.807) is 6.20 Å². The molecule has 3 rings (SSSR count). The molecule has 22 heavy (non-hydrogen) atoms. The van der Waals surface area contributed by atoms with Crippen molar-refractivity contribution in [3.05, 3.63) is 53.9 Å². The fourth-order valence-corrected chi connectivity index (χ4v) is 2.63. The molecule has 2 N–H and O–H groups in total. The third kappa shape index (κ3) is 4.32. The molecule has 1 aliphatic rings. The van der Waals surface area contributed by atoms with Crippen molar-refractivity contribution in [2.75, 3.05) is 13.1 Å². The molecule has 0 aliphatic carbocycles. The summed E-state index contributed by atoms with van der Waals surface area (Å²) in [6.45, 7) is 3.08. The fraction of sp³-hybridized carbons (Fsp3) is 0.375. The van der Waals surface area contributed by atoms with Gasteiger partial charge in [-0.25, -0.2) is 0 Å². The Morgan fingerprint density at radius 3 is 2.95 bits per heavy atom. The quantitative estimate of drug-likeness (QED) is 0.879. The lowest BCUT2D eigenvalue weighted by atomic mass is 10.1. The van der Waals surface area contributed by atoms with E-state index in [2.05, 4.69) is 27.9 Å². The molecule has 0 bridgehead atoms. The number of hydrogen-bond acceptors (Lipinski definition) is 3. The van der Waals surface area contributed by atoms with Crippen LogP contribution in [-0.4, -0.2) is 28.8 Å². The molecule has 0 radical (unpaired) electrons. The lowest BCUT2D eigenvalue weighted by Crippen LogP contribution is -2.31. The monoisotopic (exact) mass is 320 g/mol. The van der Waals surface area contributed by atoms with Crippen molar-refractivity contribution in [2.24, 2.45) is 5.92 Å². The van der Waals surface area contributed by atoms with E-state index in [4.69, 9.17) is 0 Å². The van der Waals surface area contributed by atoms with Crippen LogP contribution in [0, 0.1) is 5.92 Å². The van der Waals surface area contributed by atoms with Crippen molar-refractivity contribution in [2.45, 2.75) is 19.5 Å². The van der Waals surface area contributed by atoms with Gasteiger partial charge in [0.2, 0.25) is 5.91 Å². The van der Waals surface area contributed by atoms with Crippen LogP contribution < -0.4 is 10.6 Å². The molecule has 1 fully saturated rings. The average Bonchev–Trinajstić information content (AvgIpc) is 3.18. The Morgan fingerprint density at radius 2 is 2.23 bits per heavy atom. The maximum absolute atomic E-state index is 12.0. The zero-order valence-corrected chi connectivity index (χ0v) is 13.2. The van der Waals surface area contributed by atoms with Crippen LogP contribution >= 0.6 is 12.4 Å².